The summed E-state index contributed by atoms with van der Waals surface area (Å²) in [5.74, 6) is -1.80. The molecule has 34 heavy (non-hydrogen) atoms. The van der Waals surface area contributed by atoms with Crippen LogP contribution >= 0.6 is 0 Å². The molecule has 1 heterocycles. The first-order valence-electron chi connectivity index (χ1n) is 11.5. The maximum atomic E-state index is 12.9. The Hall–Kier alpha value is -3.22. The van der Waals surface area contributed by atoms with Gasteiger partial charge in [-0.3, -0.25) is 14.4 Å². The molecule has 7 heteroatoms. The van der Waals surface area contributed by atoms with E-state index in [0.29, 0.717) is 0 Å². The Labute approximate surface area is 201 Å². The number of pyridine rings is 1. The summed E-state index contributed by atoms with van der Waals surface area (Å²) in [4.78, 5) is 41.4. The summed E-state index contributed by atoms with van der Waals surface area (Å²) in [7, 11) is 1.40. The van der Waals surface area contributed by atoms with Gasteiger partial charge in [-0.05, 0) is 37.8 Å². The average molecular weight is 470 g/mol. The average Bonchev–Trinajstić information content (AvgIpc) is 2.74. The van der Waals surface area contributed by atoms with Crippen molar-refractivity contribution < 1.29 is 28.6 Å². The SMILES string of the molecule is COc1ccnc(C(=O)C[C@@H](C)C(=O)O[C@@H](C)[C@H](c2ccc(C)cc2C)C(C)C)c1OC(C)=O. The molecular formula is C27H35NO6. The van der Waals surface area contributed by atoms with Gasteiger partial charge in [-0.1, -0.05) is 44.5 Å². The molecule has 0 aliphatic heterocycles. The van der Waals surface area contributed by atoms with E-state index in [0.717, 1.165) is 11.1 Å². The summed E-state index contributed by atoms with van der Waals surface area (Å²) in [6.45, 7) is 13.1. The summed E-state index contributed by atoms with van der Waals surface area (Å²) in [6, 6.07) is 7.78. The van der Waals surface area contributed by atoms with Gasteiger partial charge in [0.25, 0.3) is 0 Å². The highest BCUT2D eigenvalue weighted by Crippen LogP contribution is 2.34. The molecule has 1 aromatic heterocycles. The van der Waals surface area contributed by atoms with E-state index in [4.69, 9.17) is 14.2 Å². The Morgan fingerprint density at radius 2 is 1.71 bits per heavy atom. The third kappa shape index (κ3) is 6.65. The molecule has 0 aliphatic rings. The molecule has 0 bridgehead atoms. The predicted molar refractivity (Wildman–Crippen MR) is 129 cm³/mol. The van der Waals surface area contributed by atoms with Gasteiger partial charge in [0, 0.05) is 31.5 Å². The van der Waals surface area contributed by atoms with E-state index in [9.17, 15) is 14.4 Å². The second-order valence-corrected chi connectivity index (χ2v) is 9.08. The summed E-state index contributed by atoms with van der Waals surface area (Å²) in [6.07, 6.45) is 0.870. The molecule has 2 aromatic rings. The number of carbonyl (C=O) groups excluding carboxylic acids is 3. The maximum absolute atomic E-state index is 12.9. The molecule has 2 rings (SSSR count). The largest absolute Gasteiger partial charge is 0.493 e. The van der Waals surface area contributed by atoms with Gasteiger partial charge in [-0.25, -0.2) is 4.98 Å². The van der Waals surface area contributed by atoms with Gasteiger partial charge in [-0.2, -0.15) is 0 Å². The lowest BCUT2D eigenvalue weighted by Crippen LogP contribution is -2.30. The Morgan fingerprint density at radius 3 is 2.26 bits per heavy atom. The molecule has 0 aliphatic carbocycles. The van der Waals surface area contributed by atoms with Gasteiger partial charge in [0.1, 0.15) is 6.10 Å². The van der Waals surface area contributed by atoms with Gasteiger partial charge < -0.3 is 14.2 Å². The Bertz CT molecular complexity index is 1050. The lowest BCUT2D eigenvalue weighted by Gasteiger charge is -2.30. The number of aromatic nitrogens is 1. The van der Waals surface area contributed by atoms with Crippen molar-refractivity contribution in [3.63, 3.8) is 0 Å². The molecule has 184 valence electrons. The minimum atomic E-state index is -0.708. The first-order chi connectivity index (χ1) is 16.0. The number of ether oxygens (including phenoxy) is 3. The molecule has 0 N–H and O–H groups in total. The van der Waals surface area contributed by atoms with Crippen molar-refractivity contribution in [3.05, 3.63) is 52.8 Å². The highest BCUT2D eigenvalue weighted by Gasteiger charge is 2.30. The lowest BCUT2D eigenvalue weighted by atomic mass is 9.82. The fourth-order valence-corrected chi connectivity index (χ4v) is 4.22. The van der Waals surface area contributed by atoms with Gasteiger partial charge in [0.05, 0.1) is 13.0 Å². The molecule has 3 atom stereocenters. The van der Waals surface area contributed by atoms with Gasteiger partial charge in [0.2, 0.25) is 5.75 Å². The Morgan fingerprint density at radius 1 is 1.03 bits per heavy atom. The van der Waals surface area contributed by atoms with Crippen LogP contribution in [0.5, 0.6) is 11.5 Å². The normalized spacial score (nSPS) is 13.7. The molecule has 1 aromatic carbocycles. The quantitative estimate of drug-likeness (QED) is 0.348. The molecule has 0 saturated heterocycles. The molecule has 0 spiro atoms. The first kappa shape index (κ1) is 27.0. The minimum absolute atomic E-state index is 0.0167. The number of esters is 2. The number of hydrogen-bond acceptors (Lipinski definition) is 7. The van der Waals surface area contributed by atoms with Crippen molar-refractivity contribution >= 4 is 17.7 Å². The van der Waals surface area contributed by atoms with Crippen LogP contribution < -0.4 is 9.47 Å². The number of aryl methyl sites for hydroxylation is 2. The topological polar surface area (TPSA) is 91.8 Å². The third-order valence-electron chi connectivity index (χ3n) is 5.80. The van der Waals surface area contributed by atoms with Gasteiger partial charge >= 0.3 is 11.9 Å². The van der Waals surface area contributed by atoms with E-state index in [1.54, 1.807) is 6.92 Å². The van der Waals surface area contributed by atoms with Crippen LogP contribution in [-0.4, -0.2) is 35.9 Å². The number of nitrogens with zero attached hydrogens (tertiary/aromatic N) is 1. The number of Topliss-reactive ketones (excluding diaryl/α,β-unsaturated/α-hetero) is 1. The zero-order valence-electron chi connectivity index (χ0n) is 21.3. The second kappa shape index (κ2) is 11.8. The second-order valence-electron chi connectivity index (χ2n) is 9.08. The molecule has 0 unspecified atom stereocenters. The van der Waals surface area contributed by atoms with E-state index in [-0.39, 0.29) is 41.6 Å². The van der Waals surface area contributed by atoms with E-state index in [2.05, 4.69) is 44.0 Å². The van der Waals surface area contributed by atoms with Crippen LogP contribution in [0.3, 0.4) is 0 Å². The number of ketones is 1. The van der Waals surface area contributed by atoms with E-state index >= 15 is 0 Å². The van der Waals surface area contributed by atoms with Crippen molar-refractivity contribution in [3.8, 4) is 11.5 Å². The standard InChI is InChI=1S/C27H35NO6/c1-15(2)24(21-10-9-16(3)13-17(21)4)19(6)33-27(31)18(5)14-22(30)25-26(34-20(7)29)23(32-8)11-12-28-25/h9-13,15,18-19,24H,14H2,1-8H3/t18-,19+,24-/m1/s1. The predicted octanol–water partition coefficient (Wildman–Crippen LogP) is 5.21. The number of hydrogen-bond donors (Lipinski definition) is 0. The number of carbonyl (C=O) groups is 3. The van der Waals surface area contributed by atoms with Crippen LogP contribution in [0.25, 0.3) is 0 Å². The Balaban J connectivity index is 2.16. The van der Waals surface area contributed by atoms with Crippen LogP contribution in [0.4, 0.5) is 0 Å². The Kier molecular flexibility index (Phi) is 9.36. The lowest BCUT2D eigenvalue weighted by molar-refractivity contribution is -0.154. The van der Waals surface area contributed by atoms with Crippen molar-refractivity contribution in [1.82, 2.24) is 4.98 Å². The highest BCUT2D eigenvalue weighted by molar-refractivity contribution is 5.99. The highest BCUT2D eigenvalue weighted by atomic mass is 16.6. The summed E-state index contributed by atoms with van der Waals surface area (Å²) in [5, 5.41) is 0. The molecule has 0 amide bonds. The minimum Gasteiger partial charge on any atom is -0.493 e. The van der Waals surface area contributed by atoms with Crippen LogP contribution in [-0.2, 0) is 14.3 Å². The fraction of sp³-hybridized carbons (Fsp3) is 0.481. The van der Waals surface area contributed by atoms with Crippen molar-refractivity contribution in [1.29, 1.82) is 0 Å². The summed E-state index contributed by atoms with van der Waals surface area (Å²) in [5.41, 5.74) is 3.43. The van der Waals surface area contributed by atoms with Crippen LogP contribution in [0.1, 0.15) is 74.1 Å². The number of rotatable bonds is 10. The van der Waals surface area contributed by atoms with Gasteiger partial charge in [-0.15, -0.1) is 0 Å². The first-order valence-corrected chi connectivity index (χ1v) is 11.5. The van der Waals surface area contributed by atoms with Gasteiger partial charge in [0.15, 0.2) is 17.2 Å². The van der Waals surface area contributed by atoms with E-state index < -0.39 is 23.6 Å². The van der Waals surface area contributed by atoms with Crippen LogP contribution in [0, 0.1) is 25.7 Å². The molecule has 0 saturated carbocycles. The van der Waals surface area contributed by atoms with Crippen molar-refractivity contribution in [2.75, 3.05) is 7.11 Å². The summed E-state index contributed by atoms with van der Waals surface area (Å²) < 4.78 is 16.2. The number of benzene rings is 1. The van der Waals surface area contributed by atoms with Crippen molar-refractivity contribution in [2.24, 2.45) is 11.8 Å². The van der Waals surface area contributed by atoms with Crippen molar-refractivity contribution in [2.45, 2.75) is 66.9 Å². The molecule has 0 radical (unpaired) electrons. The number of methoxy groups -OCH3 is 1. The molecular weight excluding hydrogens is 434 g/mol. The fourth-order valence-electron chi connectivity index (χ4n) is 4.22. The van der Waals surface area contributed by atoms with Crippen LogP contribution in [0.2, 0.25) is 0 Å². The zero-order valence-corrected chi connectivity index (χ0v) is 21.3. The summed E-state index contributed by atoms with van der Waals surface area (Å²) >= 11 is 0. The molecule has 7 nitrogen and oxygen atoms in total. The van der Waals surface area contributed by atoms with E-state index in [1.807, 2.05) is 13.8 Å². The third-order valence-corrected chi connectivity index (χ3v) is 5.80. The zero-order chi connectivity index (χ0) is 25.6. The van der Waals surface area contributed by atoms with Crippen LogP contribution in [0.15, 0.2) is 30.5 Å². The maximum Gasteiger partial charge on any atom is 0.309 e. The van der Waals surface area contributed by atoms with E-state index in [1.165, 1.54) is 31.9 Å². The smallest absolute Gasteiger partial charge is 0.309 e. The molecule has 0 fully saturated rings. The monoisotopic (exact) mass is 469 g/mol.